The highest BCUT2D eigenvalue weighted by molar-refractivity contribution is 9.10. The third-order valence-corrected chi connectivity index (χ3v) is 5.78. The van der Waals surface area contributed by atoms with Crippen LogP contribution in [0.3, 0.4) is 0 Å². The molecule has 0 bridgehead atoms. The van der Waals surface area contributed by atoms with E-state index in [-0.39, 0.29) is 17.9 Å². The number of carbonyl (C=O) groups is 1. The van der Waals surface area contributed by atoms with Crippen LogP contribution in [-0.2, 0) is 4.79 Å². The molecule has 1 atom stereocenters. The molecule has 1 unspecified atom stereocenters. The third kappa shape index (κ3) is 5.15. The zero-order valence-electron chi connectivity index (χ0n) is 16.2. The molecular weight excluding hydrogens is 438 g/mol. The van der Waals surface area contributed by atoms with E-state index in [0.717, 1.165) is 47.2 Å². The topological polar surface area (TPSA) is 44.7 Å². The van der Waals surface area contributed by atoms with E-state index in [1.165, 1.54) is 0 Å². The minimum atomic E-state index is -0.0824. The molecule has 2 aromatic rings. The Morgan fingerprint density at radius 2 is 1.89 bits per heavy atom. The van der Waals surface area contributed by atoms with Crippen molar-refractivity contribution in [3.63, 3.8) is 0 Å². The van der Waals surface area contributed by atoms with Gasteiger partial charge in [0.25, 0.3) is 0 Å². The maximum atomic E-state index is 12.5. The molecule has 1 aliphatic heterocycles. The zero-order chi connectivity index (χ0) is 20.1. The quantitative estimate of drug-likeness (QED) is 0.552. The lowest BCUT2D eigenvalue weighted by atomic mass is 9.78. The summed E-state index contributed by atoms with van der Waals surface area (Å²) >= 11 is 9.39. The fourth-order valence-electron chi connectivity index (χ4n) is 3.54. The normalized spacial score (nSPS) is 18.9. The standard InChI is InChI=1S/C22H25BrClN3O/c1-3-4-13-22(2)15-27(26-21(22)16-5-7-17(23)8-6-16)14-20(28)25-19-11-9-18(24)10-12-19/h5-12H,3-4,13-15H2,1-2H3,(H,25,28). The molecule has 6 heteroatoms. The second-order valence-corrected chi connectivity index (χ2v) is 8.85. The summed E-state index contributed by atoms with van der Waals surface area (Å²) in [6.45, 7) is 5.42. The van der Waals surface area contributed by atoms with Gasteiger partial charge in [-0.2, -0.15) is 5.10 Å². The number of hydrazone groups is 1. The molecule has 0 saturated carbocycles. The summed E-state index contributed by atoms with van der Waals surface area (Å²) in [4.78, 5) is 12.5. The van der Waals surface area contributed by atoms with Crippen LogP contribution in [0.1, 0.15) is 38.7 Å². The Labute approximate surface area is 180 Å². The maximum absolute atomic E-state index is 12.5. The van der Waals surface area contributed by atoms with E-state index in [0.29, 0.717) is 5.02 Å². The van der Waals surface area contributed by atoms with Crippen LogP contribution in [0.2, 0.25) is 5.02 Å². The predicted molar refractivity (Wildman–Crippen MR) is 120 cm³/mol. The van der Waals surface area contributed by atoms with Crippen LogP contribution in [0, 0.1) is 5.41 Å². The second-order valence-electron chi connectivity index (χ2n) is 7.50. The molecular formula is C22H25BrClN3O. The van der Waals surface area contributed by atoms with Crippen molar-refractivity contribution in [3.05, 3.63) is 63.6 Å². The van der Waals surface area contributed by atoms with Crippen LogP contribution in [0.25, 0.3) is 0 Å². The van der Waals surface area contributed by atoms with E-state index in [1.807, 2.05) is 17.1 Å². The SMILES string of the molecule is CCCCC1(C)CN(CC(=O)Nc2ccc(Cl)cc2)N=C1c1ccc(Br)cc1. The summed E-state index contributed by atoms with van der Waals surface area (Å²) in [5.74, 6) is -0.0824. The monoisotopic (exact) mass is 461 g/mol. The van der Waals surface area contributed by atoms with Gasteiger partial charge >= 0.3 is 0 Å². The smallest absolute Gasteiger partial charge is 0.245 e. The average molecular weight is 463 g/mol. The molecule has 0 radical (unpaired) electrons. The molecule has 0 fully saturated rings. The fourth-order valence-corrected chi connectivity index (χ4v) is 3.93. The second kappa shape index (κ2) is 9.10. The van der Waals surface area contributed by atoms with Gasteiger partial charge < -0.3 is 5.32 Å². The van der Waals surface area contributed by atoms with Gasteiger partial charge in [0.1, 0.15) is 6.54 Å². The number of unbranched alkanes of at least 4 members (excludes halogenated alkanes) is 1. The molecule has 28 heavy (non-hydrogen) atoms. The Balaban J connectivity index is 1.74. The van der Waals surface area contributed by atoms with Crippen LogP contribution in [0.4, 0.5) is 5.69 Å². The number of benzene rings is 2. The number of hydrogen-bond donors (Lipinski definition) is 1. The van der Waals surface area contributed by atoms with Gasteiger partial charge in [-0.1, -0.05) is 66.4 Å². The van der Waals surface area contributed by atoms with Gasteiger partial charge in [-0.3, -0.25) is 9.80 Å². The predicted octanol–water partition coefficient (Wildman–Crippen LogP) is 5.96. The molecule has 0 aromatic heterocycles. The van der Waals surface area contributed by atoms with Gasteiger partial charge in [-0.05, 0) is 48.4 Å². The highest BCUT2D eigenvalue weighted by Crippen LogP contribution is 2.36. The number of nitrogens with one attached hydrogen (secondary N) is 1. The molecule has 1 aliphatic rings. The van der Waals surface area contributed by atoms with Gasteiger partial charge in [0.05, 0.1) is 5.71 Å². The summed E-state index contributed by atoms with van der Waals surface area (Å²) in [5, 5.41) is 10.3. The van der Waals surface area contributed by atoms with Crippen LogP contribution >= 0.6 is 27.5 Å². The number of anilines is 1. The molecule has 3 rings (SSSR count). The summed E-state index contributed by atoms with van der Waals surface area (Å²) in [5.41, 5.74) is 2.85. The Hall–Kier alpha value is -1.85. The van der Waals surface area contributed by atoms with Crippen LogP contribution < -0.4 is 5.32 Å². The van der Waals surface area contributed by atoms with Crippen molar-refractivity contribution in [2.24, 2.45) is 10.5 Å². The van der Waals surface area contributed by atoms with Gasteiger partial charge in [0, 0.05) is 27.1 Å². The van der Waals surface area contributed by atoms with Crippen LogP contribution in [-0.4, -0.2) is 29.7 Å². The zero-order valence-corrected chi connectivity index (χ0v) is 18.6. The first-order valence-corrected chi connectivity index (χ1v) is 10.7. The first kappa shape index (κ1) is 20.9. The first-order chi connectivity index (χ1) is 13.4. The van der Waals surface area contributed by atoms with Crippen molar-refractivity contribution in [1.29, 1.82) is 0 Å². The lowest BCUT2D eigenvalue weighted by Crippen LogP contribution is -2.34. The van der Waals surface area contributed by atoms with Crippen molar-refractivity contribution >= 4 is 44.8 Å². The van der Waals surface area contributed by atoms with E-state index in [9.17, 15) is 4.79 Å². The molecule has 0 spiro atoms. The van der Waals surface area contributed by atoms with Crippen LogP contribution in [0.5, 0.6) is 0 Å². The summed E-state index contributed by atoms with van der Waals surface area (Å²) < 4.78 is 1.05. The Bertz CT molecular complexity index is 851. The fraction of sp³-hybridized carbons (Fsp3) is 0.364. The Morgan fingerprint density at radius 3 is 2.54 bits per heavy atom. The van der Waals surface area contributed by atoms with Gasteiger partial charge in [-0.15, -0.1) is 0 Å². The molecule has 2 aromatic carbocycles. The number of rotatable bonds is 7. The molecule has 0 aliphatic carbocycles. The lowest BCUT2D eigenvalue weighted by molar-refractivity contribution is -0.117. The molecule has 148 valence electrons. The van der Waals surface area contributed by atoms with E-state index in [1.54, 1.807) is 24.3 Å². The summed E-state index contributed by atoms with van der Waals surface area (Å²) in [6, 6.07) is 15.4. The van der Waals surface area contributed by atoms with Crippen molar-refractivity contribution in [3.8, 4) is 0 Å². The van der Waals surface area contributed by atoms with Gasteiger partial charge in [-0.25, -0.2) is 0 Å². The molecule has 4 nitrogen and oxygen atoms in total. The van der Waals surface area contributed by atoms with E-state index in [2.05, 4.69) is 47.2 Å². The Morgan fingerprint density at radius 1 is 1.21 bits per heavy atom. The minimum absolute atomic E-state index is 0.0651. The van der Waals surface area contributed by atoms with Gasteiger partial charge in [0.2, 0.25) is 5.91 Å². The maximum Gasteiger partial charge on any atom is 0.245 e. The lowest BCUT2D eigenvalue weighted by Gasteiger charge is -2.26. The number of halogens is 2. The van der Waals surface area contributed by atoms with Crippen molar-refractivity contribution in [2.45, 2.75) is 33.1 Å². The minimum Gasteiger partial charge on any atom is -0.324 e. The molecule has 0 saturated heterocycles. The molecule has 1 amide bonds. The number of carbonyl (C=O) groups excluding carboxylic acids is 1. The first-order valence-electron chi connectivity index (χ1n) is 9.55. The molecule has 1 N–H and O–H groups in total. The van der Waals surface area contributed by atoms with Crippen molar-refractivity contribution < 1.29 is 4.79 Å². The van der Waals surface area contributed by atoms with E-state index in [4.69, 9.17) is 16.7 Å². The highest BCUT2D eigenvalue weighted by atomic mass is 79.9. The van der Waals surface area contributed by atoms with E-state index < -0.39 is 0 Å². The average Bonchev–Trinajstić information content (AvgIpc) is 2.99. The number of hydrogen-bond acceptors (Lipinski definition) is 3. The molecule has 1 heterocycles. The van der Waals surface area contributed by atoms with Crippen molar-refractivity contribution in [2.75, 3.05) is 18.4 Å². The third-order valence-electron chi connectivity index (χ3n) is 5.00. The van der Waals surface area contributed by atoms with Crippen molar-refractivity contribution in [1.82, 2.24) is 5.01 Å². The largest absolute Gasteiger partial charge is 0.324 e. The van der Waals surface area contributed by atoms with Gasteiger partial charge in [0.15, 0.2) is 0 Å². The Kier molecular flexibility index (Phi) is 6.78. The number of amides is 1. The summed E-state index contributed by atoms with van der Waals surface area (Å²) in [6.07, 6.45) is 3.32. The number of nitrogens with zero attached hydrogens (tertiary/aromatic N) is 2. The highest BCUT2D eigenvalue weighted by Gasteiger charge is 2.39. The van der Waals surface area contributed by atoms with Crippen LogP contribution in [0.15, 0.2) is 58.1 Å². The summed E-state index contributed by atoms with van der Waals surface area (Å²) in [7, 11) is 0. The van der Waals surface area contributed by atoms with E-state index >= 15 is 0 Å².